The highest BCUT2D eigenvalue weighted by molar-refractivity contribution is 5.73. The highest BCUT2D eigenvalue weighted by Gasteiger charge is 2.19. The topological polar surface area (TPSA) is 85.4 Å². The summed E-state index contributed by atoms with van der Waals surface area (Å²) in [5, 5.41) is 8.87. The molecule has 0 saturated carbocycles. The van der Waals surface area contributed by atoms with Crippen LogP contribution in [-0.2, 0) is 4.79 Å². The van der Waals surface area contributed by atoms with Gasteiger partial charge in [0.15, 0.2) is 17.7 Å². The Hall–Kier alpha value is -1.78. The molecule has 3 N–H and O–H groups in total. The van der Waals surface area contributed by atoms with Crippen molar-refractivity contribution in [1.29, 1.82) is 0 Å². The monoisotopic (exact) mass is 210 g/mol. The average molecular weight is 210 g/mol. The SMILES string of the molecule is CCCC(Oc1cccnc1N)C(=O)O. The highest BCUT2D eigenvalue weighted by Crippen LogP contribution is 2.19. The molecular weight excluding hydrogens is 196 g/mol. The zero-order chi connectivity index (χ0) is 11.3. The number of ether oxygens (including phenoxy) is 1. The Kier molecular flexibility index (Phi) is 3.91. The van der Waals surface area contributed by atoms with Crippen LogP contribution in [0.4, 0.5) is 5.82 Å². The largest absolute Gasteiger partial charge is 0.479 e. The van der Waals surface area contributed by atoms with E-state index in [1.165, 1.54) is 6.20 Å². The molecule has 0 saturated heterocycles. The van der Waals surface area contributed by atoms with Gasteiger partial charge in [-0.25, -0.2) is 9.78 Å². The zero-order valence-electron chi connectivity index (χ0n) is 8.51. The molecule has 0 radical (unpaired) electrons. The Labute approximate surface area is 87.9 Å². The van der Waals surface area contributed by atoms with Crippen molar-refractivity contribution in [3.63, 3.8) is 0 Å². The second kappa shape index (κ2) is 5.19. The number of nitrogens with two attached hydrogens (primary N) is 1. The first-order valence-electron chi connectivity index (χ1n) is 4.75. The van der Waals surface area contributed by atoms with Gasteiger partial charge in [-0.1, -0.05) is 13.3 Å². The van der Waals surface area contributed by atoms with Crippen LogP contribution in [0, 0.1) is 0 Å². The fourth-order valence-electron chi connectivity index (χ4n) is 1.15. The van der Waals surface area contributed by atoms with Gasteiger partial charge < -0.3 is 15.6 Å². The van der Waals surface area contributed by atoms with Crippen molar-refractivity contribution < 1.29 is 14.6 Å². The summed E-state index contributed by atoms with van der Waals surface area (Å²) in [6.07, 6.45) is 1.85. The van der Waals surface area contributed by atoms with Crippen molar-refractivity contribution in [2.24, 2.45) is 0 Å². The Morgan fingerprint density at radius 1 is 1.73 bits per heavy atom. The number of carboxylic acid groups (broad SMARTS) is 1. The molecule has 1 atom stereocenters. The van der Waals surface area contributed by atoms with E-state index in [-0.39, 0.29) is 5.82 Å². The number of hydrogen-bond donors (Lipinski definition) is 2. The third-order valence-corrected chi connectivity index (χ3v) is 1.90. The maximum atomic E-state index is 10.8. The van der Waals surface area contributed by atoms with Gasteiger partial charge in [0.1, 0.15) is 0 Å². The fourth-order valence-corrected chi connectivity index (χ4v) is 1.15. The number of rotatable bonds is 5. The number of carboxylic acids is 1. The maximum Gasteiger partial charge on any atom is 0.344 e. The van der Waals surface area contributed by atoms with E-state index in [0.717, 1.165) is 6.42 Å². The number of nitrogen functional groups attached to an aromatic ring is 1. The summed E-state index contributed by atoms with van der Waals surface area (Å²) >= 11 is 0. The standard InChI is InChI=1S/C10H14N2O3/c1-2-4-8(10(13)14)15-7-5-3-6-12-9(7)11/h3,5-6,8H,2,4H2,1H3,(H2,11,12)(H,13,14). The summed E-state index contributed by atoms with van der Waals surface area (Å²) in [5.41, 5.74) is 5.54. The molecule has 0 amide bonds. The average Bonchev–Trinajstić information content (AvgIpc) is 2.20. The Morgan fingerprint density at radius 2 is 2.47 bits per heavy atom. The Morgan fingerprint density at radius 3 is 3.00 bits per heavy atom. The van der Waals surface area contributed by atoms with E-state index in [1.54, 1.807) is 12.1 Å². The minimum Gasteiger partial charge on any atom is -0.479 e. The van der Waals surface area contributed by atoms with Crippen LogP contribution in [0.5, 0.6) is 5.75 Å². The molecule has 1 aromatic rings. The molecule has 1 heterocycles. The van der Waals surface area contributed by atoms with Crippen molar-refractivity contribution in [3.8, 4) is 5.75 Å². The number of aliphatic carboxylic acids is 1. The van der Waals surface area contributed by atoms with Crippen LogP contribution in [0.1, 0.15) is 19.8 Å². The fraction of sp³-hybridized carbons (Fsp3) is 0.400. The second-order valence-corrected chi connectivity index (χ2v) is 3.12. The number of hydrogen-bond acceptors (Lipinski definition) is 4. The van der Waals surface area contributed by atoms with Gasteiger partial charge in [0.25, 0.3) is 0 Å². The summed E-state index contributed by atoms with van der Waals surface area (Å²) in [6, 6.07) is 3.25. The van der Waals surface area contributed by atoms with Crippen LogP contribution < -0.4 is 10.5 Å². The van der Waals surface area contributed by atoms with Crippen molar-refractivity contribution in [2.45, 2.75) is 25.9 Å². The van der Waals surface area contributed by atoms with E-state index in [0.29, 0.717) is 12.2 Å². The molecule has 82 valence electrons. The van der Waals surface area contributed by atoms with Crippen molar-refractivity contribution in [3.05, 3.63) is 18.3 Å². The van der Waals surface area contributed by atoms with Gasteiger partial charge in [0.2, 0.25) is 0 Å². The molecule has 0 fully saturated rings. The summed E-state index contributed by atoms with van der Waals surface area (Å²) in [6.45, 7) is 1.89. The second-order valence-electron chi connectivity index (χ2n) is 3.12. The first-order valence-corrected chi connectivity index (χ1v) is 4.75. The molecule has 0 spiro atoms. The van der Waals surface area contributed by atoms with Gasteiger partial charge in [-0.2, -0.15) is 0 Å². The third-order valence-electron chi connectivity index (χ3n) is 1.90. The van der Waals surface area contributed by atoms with E-state index in [4.69, 9.17) is 15.6 Å². The number of carbonyl (C=O) groups is 1. The summed E-state index contributed by atoms with van der Waals surface area (Å²) < 4.78 is 5.26. The van der Waals surface area contributed by atoms with E-state index >= 15 is 0 Å². The van der Waals surface area contributed by atoms with Crippen molar-refractivity contribution in [1.82, 2.24) is 4.98 Å². The molecule has 1 rings (SSSR count). The molecule has 0 aliphatic heterocycles. The predicted octanol–water partition coefficient (Wildman–Crippen LogP) is 1.30. The minimum absolute atomic E-state index is 0.208. The molecule has 0 aliphatic rings. The summed E-state index contributed by atoms with van der Waals surface area (Å²) in [7, 11) is 0. The lowest BCUT2D eigenvalue weighted by Crippen LogP contribution is -2.27. The normalized spacial score (nSPS) is 12.1. The van der Waals surface area contributed by atoms with Crippen LogP contribution >= 0.6 is 0 Å². The molecule has 5 heteroatoms. The van der Waals surface area contributed by atoms with E-state index < -0.39 is 12.1 Å². The van der Waals surface area contributed by atoms with Crippen LogP contribution in [0.25, 0.3) is 0 Å². The van der Waals surface area contributed by atoms with E-state index in [2.05, 4.69) is 4.98 Å². The van der Waals surface area contributed by atoms with Gasteiger partial charge in [0.05, 0.1) is 0 Å². The first kappa shape index (κ1) is 11.3. The van der Waals surface area contributed by atoms with Gasteiger partial charge in [0, 0.05) is 6.20 Å². The number of nitrogens with zero attached hydrogens (tertiary/aromatic N) is 1. The van der Waals surface area contributed by atoms with Gasteiger partial charge in [-0.15, -0.1) is 0 Å². The minimum atomic E-state index is -0.986. The number of aromatic nitrogens is 1. The summed E-state index contributed by atoms with van der Waals surface area (Å²) in [5.74, 6) is -0.460. The molecule has 15 heavy (non-hydrogen) atoms. The smallest absolute Gasteiger partial charge is 0.344 e. The Balaban J connectivity index is 2.74. The lowest BCUT2D eigenvalue weighted by Gasteiger charge is -2.14. The van der Waals surface area contributed by atoms with Gasteiger partial charge in [-0.3, -0.25) is 0 Å². The molecular formula is C10H14N2O3. The zero-order valence-corrected chi connectivity index (χ0v) is 8.51. The highest BCUT2D eigenvalue weighted by atomic mass is 16.5. The number of pyridine rings is 1. The molecule has 1 aromatic heterocycles. The molecule has 1 unspecified atom stereocenters. The lowest BCUT2D eigenvalue weighted by molar-refractivity contribution is -0.145. The van der Waals surface area contributed by atoms with Crippen LogP contribution in [0.3, 0.4) is 0 Å². The van der Waals surface area contributed by atoms with Crippen LogP contribution in [-0.4, -0.2) is 22.2 Å². The van der Waals surface area contributed by atoms with E-state index in [1.807, 2.05) is 6.92 Å². The quantitative estimate of drug-likeness (QED) is 0.765. The maximum absolute atomic E-state index is 10.8. The first-order chi connectivity index (χ1) is 7.15. The van der Waals surface area contributed by atoms with Gasteiger partial charge >= 0.3 is 5.97 Å². The molecule has 0 aromatic carbocycles. The van der Waals surface area contributed by atoms with Crippen LogP contribution in [0.2, 0.25) is 0 Å². The summed E-state index contributed by atoms with van der Waals surface area (Å²) in [4.78, 5) is 14.6. The number of anilines is 1. The van der Waals surface area contributed by atoms with Gasteiger partial charge in [-0.05, 0) is 18.6 Å². The van der Waals surface area contributed by atoms with Crippen LogP contribution in [0.15, 0.2) is 18.3 Å². The van der Waals surface area contributed by atoms with Crippen molar-refractivity contribution in [2.75, 3.05) is 5.73 Å². The molecule has 0 aliphatic carbocycles. The Bertz CT molecular complexity index is 341. The molecule has 5 nitrogen and oxygen atoms in total. The van der Waals surface area contributed by atoms with E-state index in [9.17, 15) is 4.79 Å². The van der Waals surface area contributed by atoms with Crippen molar-refractivity contribution >= 4 is 11.8 Å². The third kappa shape index (κ3) is 3.12. The molecule has 0 bridgehead atoms. The lowest BCUT2D eigenvalue weighted by atomic mass is 10.2. The predicted molar refractivity (Wildman–Crippen MR) is 55.6 cm³/mol.